The molecule has 0 aromatic carbocycles. The highest BCUT2D eigenvalue weighted by Crippen LogP contribution is 2.62. The van der Waals surface area contributed by atoms with Crippen LogP contribution < -0.4 is 5.73 Å². The van der Waals surface area contributed by atoms with E-state index in [0.29, 0.717) is 12.3 Å². The Morgan fingerprint density at radius 1 is 1.14 bits per heavy atom. The van der Waals surface area contributed by atoms with Gasteiger partial charge < -0.3 is 15.9 Å². The van der Waals surface area contributed by atoms with Gasteiger partial charge in [0.25, 0.3) is 0 Å². The van der Waals surface area contributed by atoms with Crippen LogP contribution in [-0.2, 0) is 0 Å². The molecule has 3 heteroatoms. The number of aliphatic hydroxyl groups is 2. The maximum atomic E-state index is 10.9. The summed E-state index contributed by atoms with van der Waals surface area (Å²) in [5.41, 5.74) is 10.8. The van der Waals surface area contributed by atoms with E-state index in [9.17, 15) is 10.2 Å². The molecular weight excluding hydrogens is 274 g/mol. The molecule has 0 spiro atoms. The van der Waals surface area contributed by atoms with Crippen molar-refractivity contribution < 1.29 is 10.2 Å². The van der Waals surface area contributed by atoms with E-state index in [1.54, 1.807) is 0 Å². The zero-order chi connectivity index (χ0) is 15.7. The molecule has 0 heterocycles. The minimum Gasteiger partial charge on any atom is -0.389 e. The van der Waals surface area contributed by atoms with E-state index in [4.69, 9.17) is 5.73 Å². The van der Waals surface area contributed by atoms with Crippen molar-refractivity contribution in [2.24, 2.45) is 22.5 Å². The van der Waals surface area contributed by atoms with E-state index in [1.807, 2.05) is 6.08 Å². The van der Waals surface area contributed by atoms with Gasteiger partial charge in [0.1, 0.15) is 0 Å². The van der Waals surface area contributed by atoms with Crippen LogP contribution in [0, 0.1) is 16.7 Å². The third-order valence-electron chi connectivity index (χ3n) is 7.53. The van der Waals surface area contributed by atoms with Crippen LogP contribution in [0.15, 0.2) is 22.8 Å². The summed E-state index contributed by atoms with van der Waals surface area (Å²) >= 11 is 0. The molecule has 0 radical (unpaired) electrons. The fraction of sp³-hybridized carbons (Fsp3) is 0.789. The summed E-state index contributed by atoms with van der Waals surface area (Å²) in [6, 6.07) is 0.275. The lowest BCUT2D eigenvalue weighted by molar-refractivity contribution is 0.100. The third-order valence-corrected chi connectivity index (χ3v) is 7.53. The van der Waals surface area contributed by atoms with Crippen molar-refractivity contribution in [2.45, 2.75) is 77.0 Å². The molecule has 122 valence electrons. The van der Waals surface area contributed by atoms with Crippen LogP contribution >= 0.6 is 0 Å². The molecule has 22 heavy (non-hydrogen) atoms. The molecule has 3 unspecified atom stereocenters. The first-order chi connectivity index (χ1) is 10.4. The van der Waals surface area contributed by atoms with E-state index in [1.165, 1.54) is 16.7 Å². The first kappa shape index (κ1) is 14.9. The highest BCUT2D eigenvalue weighted by Gasteiger charge is 2.54. The molecule has 0 bridgehead atoms. The van der Waals surface area contributed by atoms with Crippen LogP contribution in [0.25, 0.3) is 0 Å². The van der Waals surface area contributed by atoms with Crippen molar-refractivity contribution in [1.82, 2.24) is 0 Å². The van der Waals surface area contributed by atoms with Gasteiger partial charge in [0.2, 0.25) is 0 Å². The van der Waals surface area contributed by atoms with Gasteiger partial charge in [-0.3, -0.25) is 0 Å². The van der Waals surface area contributed by atoms with Crippen molar-refractivity contribution >= 4 is 0 Å². The van der Waals surface area contributed by atoms with E-state index in [-0.39, 0.29) is 29.1 Å². The van der Waals surface area contributed by atoms with Gasteiger partial charge in [-0.2, -0.15) is 0 Å². The maximum Gasteiger partial charge on any atom is 0.0793 e. The first-order valence-electron chi connectivity index (χ1n) is 8.92. The zero-order valence-electron chi connectivity index (χ0n) is 13.8. The normalized spacial score (nSPS) is 51.0. The van der Waals surface area contributed by atoms with Crippen LogP contribution in [0.1, 0.15) is 58.8 Å². The van der Waals surface area contributed by atoms with E-state index < -0.39 is 0 Å². The second-order valence-corrected chi connectivity index (χ2v) is 8.53. The molecule has 4 aliphatic carbocycles. The Morgan fingerprint density at radius 3 is 2.68 bits per heavy atom. The van der Waals surface area contributed by atoms with Gasteiger partial charge >= 0.3 is 0 Å². The third kappa shape index (κ3) is 1.79. The number of rotatable bonds is 0. The molecular formula is C19H29NO2. The van der Waals surface area contributed by atoms with Crippen molar-refractivity contribution in [3.63, 3.8) is 0 Å². The summed E-state index contributed by atoms with van der Waals surface area (Å²) in [6.45, 7) is 4.67. The summed E-state index contributed by atoms with van der Waals surface area (Å²) in [7, 11) is 0. The molecule has 0 saturated heterocycles. The Hall–Kier alpha value is -0.640. The van der Waals surface area contributed by atoms with Crippen LogP contribution in [0.3, 0.4) is 0 Å². The second kappa shape index (κ2) is 4.68. The number of allylic oxidation sites excluding steroid dienone is 1. The van der Waals surface area contributed by atoms with Crippen molar-refractivity contribution in [3.05, 3.63) is 22.8 Å². The molecule has 3 nitrogen and oxygen atoms in total. The topological polar surface area (TPSA) is 66.5 Å². The van der Waals surface area contributed by atoms with Gasteiger partial charge in [-0.1, -0.05) is 31.1 Å². The van der Waals surface area contributed by atoms with Gasteiger partial charge in [0, 0.05) is 11.5 Å². The molecule has 1 saturated carbocycles. The first-order valence-corrected chi connectivity index (χ1v) is 8.92. The van der Waals surface area contributed by atoms with Gasteiger partial charge in [-0.25, -0.2) is 0 Å². The van der Waals surface area contributed by atoms with Crippen LogP contribution in [0.5, 0.6) is 0 Å². The largest absolute Gasteiger partial charge is 0.389 e. The smallest absolute Gasteiger partial charge is 0.0793 e. The Balaban J connectivity index is 1.83. The Bertz CT molecular complexity index is 566. The molecule has 1 fully saturated rings. The Labute approximate surface area is 133 Å². The molecule has 4 rings (SSSR count). The summed E-state index contributed by atoms with van der Waals surface area (Å²) in [6.07, 6.45) is 8.32. The zero-order valence-corrected chi connectivity index (χ0v) is 13.8. The average molecular weight is 303 g/mol. The second-order valence-electron chi connectivity index (χ2n) is 8.53. The summed E-state index contributed by atoms with van der Waals surface area (Å²) < 4.78 is 0. The molecule has 0 amide bonds. The minimum absolute atomic E-state index is 0.0712. The molecule has 4 N–H and O–H groups in total. The number of aliphatic hydroxyl groups excluding tert-OH is 2. The predicted octanol–water partition coefficient (Wildman–Crippen LogP) is 2.67. The monoisotopic (exact) mass is 303 g/mol. The number of hydrogen-bond donors (Lipinski definition) is 3. The quantitative estimate of drug-likeness (QED) is 0.603. The van der Waals surface area contributed by atoms with Crippen molar-refractivity contribution in [3.8, 4) is 0 Å². The summed E-state index contributed by atoms with van der Waals surface area (Å²) in [5, 5.41) is 20.9. The predicted molar refractivity (Wildman–Crippen MR) is 87.1 cm³/mol. The van der Waals surface area contributed by atoms with Crippen LogP contribution in [0.4, 0.5) is 0 Å². The molecule has 4 aliphatic rings. The highest BCUT2D eigenvalue weighted by atomic mass is 16.3. The van der Waals surface area contributed by atoms with Gasteiger partial charge in [-0.15, -0.1) is 0 Å². The van der Waals surface area contributed by atoms with E-state index >= 15 is 0 Å². The molecule has 0 aromatic rings. The summed E-state index contributed by atoms with van der Waals surface area (Å²) in [5.74, 6) is 0.464. The lowest BCUT2D eigenvalue weighted by Gasteiger charge is -2.52. The lowest BCUT2D eigenvalue weighted by atomic mass is 9.53. The standard InChI is InChI=1S/C19H29NO2/c1-18-7-5-12(21)9-11(18)10-15(22)17-13-3-4-16(20)19(13,2)8-6-14(17)18/h9,12-13,15-16,21-22H,3-8,10,20H2,1-2H3/t12?,13-,15?,16?,18-,19-/m0/s1. The van der Waals surface area contributed by atoms with Gasteiger partial charge in [0.05, 0.1) is 12.2 Å². The van der Waals surface area contributed by atoms with E-state index in [0.717, 1.165) is 38.5 Å². The number of fused-ring (bicyclic) bond motifs is 4. The maximum absolute atomic E-state index is 10.9. The molecule has 6 atom stereocenters. The molecule has 0 aromatic heterocycles. The number of hydrogen-bond acceptors (Lipinski definition) is 3. The minimum atomic E-state index is -0.366. The van der Waals surface area contributed by atoms with E-state index in [2.05, 4.69) is 13.8 Å². The van der Waals surface area contributed by atoms with Crippen LogP contribution in [-0.4, -0.2) is 28.5 Å². The average Bonchev–Trinajstić information content (AvgIpc) is 2.77. The fourth-order valence-electron chi connectivity index (χ4n) is 5.96. The van der Waals surface area contributed by atoms with Crippen LogP contribution in [0.2, 0.25) is 0 Å². The summed E-state index contributed by atoms with van der Waals surface area (Å²) in [4.78, 5) is 0. The van der Waals surface area contributed by atoms with Gasteiger partial charge in [0.15, 0.2) is 0 Å². The Kier molecular flexibility index (Phi) is 3.18. The van der Waals surface area contributed by atoms with Gasteiger partial charge in [-0.05, 0) is 61.9 Å². The van der Waals surface area contributed by atoms with Crippen molar-refractivity contribution in [2.75, 3.05) is 0 Å². The number of nitrogens with two attached hydrogens (primary N) is 1. The fourth-order valence-corrected chi connectivity index (χ4v) is 5.96. The Morgan fingerprint density at radius 2 is 1.91 bits per heavy atom. The lowest BCUT2D eigenvalue weighted by Crippen LogP contribution is -2.47. The van der Waals surface area contributed by atoms with Crippen molar-refractivity contribution in [1.29, 1.82) is 0 Å². The SMILES string of the molecule is C[C@]12CCC(O)C=C1CC(O)C1=C2CC[C@]2(C)C(N)CC[C@@H]12. The highest BCUT2D eigenvalue weighted by molar-refractivity contribution is 5.45. The molecule has 0 aliphatic heterocycles.